The molecule has 1 saturated heterocycles. The zero-order valence-corrected chi connectivity index (χ0v) is 17.1. The van der Waals surface area contributed by atoms with Crippen molar-refractivity contribution in [2.24, 2.45) is 5.92 Å². The summed E-state index contributed by atoms with van der Waals surface area (Å²) in [7, 11) is 0. The lowest BCUT2D eigenvalue weighted by molar-refractivity contribution is 0.282. The van der Waals surface area contributed by atoms with Gasteiger partial charge in [0, 0.05) is 6.04 Å². The first-order valence-electron chi connectivity index (χ1n) is 10.8. The van der Waals surface area contributed by atoms with E-state index < -0.39 is 0 Å². The number of benzene rings is 3. The van der Waals surface area contributed by atoms with Gasteiger partial charge in [0.2, 0.25) is 5.95 Å². The number of piperidine rings is 1. The minimum atomic E-state index is 0.0382. The van der Waals surface area contributed by atoms with Crippen LogP contribution in [0.15, 0.2) is 60.7 Å². The Morgan fingerprint density at radius 2 is 1.87 bits per heavy atom. The van der Waals surface area contributed by atoms with Gasteiger partial charge in [-0.15, -0.1) is 0 Å². The second kappa shape index (κ2) is 8.46. The molecule has 1 atom stereocenters. The lowest BCUT2D eigenvalue weighted by Gasteiger charge is -2.31. The number of nitrogens with zero attached hydrogens (tertiary/aromatic N) is 1. The van der Waals surface area contributed by atoms with E-state index in [2.05, 4.69) is 58.1 Å². The van der Waals surface area contributed by atoms with E-state index in [1.165, 1.54) is 16.3 Å². The molecule has 1 unspecified atom stereocenters. The summed E-state index contributed by atoms with van der Waals surface area (Å²) in [4.78, 5) is 8.18. The van der Waals surface area contributed by atoms with Gasteiger partial charge in [-0.05, 0) is 72.3 Å². The van der Waals surface area contributed by atoms with Crippen molar-refractivity contribution in [1.82, 2.24) is 15.3 Å². The molecular formula is C25H28N4O. The van der Waals surface area contributed by atoms with Crippen molar-refractivity contribution in [3.63, 3.8) is 0 Å². The molecule has 0 spiro atoms. The molecule has 1 aromatic heterocycles. The van der Waals surface area contributed by atoms with E-state index in [1.54, 1.807) is 0 Å². The fraction of sp³-hybridized carbons (Fsp3) is 0.320. The Bertz CT molecular complexity index is 1140. The van der Waals surface area contributed by atoms with Crippen molar-refractivity contribution >= 4 is 27.8 Å². The maximum atomic E-state index is 9.41. The molecule has 0 bridgehead atoms. The van der Waals surface area contributed by atoms with Crippen molar-refractivity contribution in [3.05, 3.63) is 71.8 Å². The van der Waals surface area contributed by atoms with Crippen LogP contribution in [-0.4, -0.2) is 34.2 Å². The highest BCUT2D eigenvalue weighted by atomic mass is 16.3. The Morgan fingerprint density at radius 3 is 2.73 bits per heavy atom. The molecule has 1 aliphatic heterocycles. The van der Waals surface area contributed by atoms with Gasteiger partial charge in [0.05, 0.1) is 17.6 Å². The first kappa shape index (κ1) is 19.1. The van der Waals surface area contributed by atoms with Crippen molar-refractivity contribution in [2.75, 3.05) is 18.4 Å². The summed E-state index contributed by atoms with van der Waals surface area (Å²) in [6, 6.07) is 21.4. The van der Waals surface area contributed by atoms with Gasteiger partial charge in [0.15, 0.2) is 0 Å². The maximum absolute atomic E-state index is 9.41. The lowest BCUT2D eigenvalue weighted by Crippen LogP contribution is -2.39. The van der Waals surface area contributed by atoms with E-state index in [-0.39, 0.29) is 6.61 Å². The van der Waals surface area contributed by atoms with Crippen LogP contribution in [0.4, 0.5) is 5.95 Å². The number of aromatic amines is 1. The number of aromatic nitrogens is 2. The van der Waals surface area contributed by atoms with Gasteiger partial charge in [-0.2, -0.15) is 0 Å². The van der Waals surface area contributed by atoms with Crippen molar-refractivity contribution in [1.29, 1.82) is 0 Å². The standard InChI is InChI=1S/C25H28N4O/c30-16-17-8-9-22-24(14-17)29-25(27-22)28-23(19-10-12-26-13-11-19)15-20-6-3-5-18-4-1-2-7-21(18)20/h1-9,14,19,23,26,30H,10-13,15-16H2,(H2,27,28,29). The van der Waals surface area contributed by atoms with Gasteiger partial charge in [0.1, 0.15) is 0 Å². The average Bonchev–Trinajstić information content (AvgIpc) is 3.21. The van der Waals surface area contributed by atoms with Crippen LogP contribution in [0.2, 0.25) is 0 Å². The van der Waals surface area contributed by atoms with E-state index in [9.17, 15) is 5.11 Å². The highest BCUT2D eigenvalue weighted by Crippen LogP contribution is 2.27. The monoisotopic (exact) mass is 400 g/mol. The van der Waals surface area contributed by atoms with E-state index >= 15 is 0 Å². The molecular weight excluding hydrogens is 372 g/mol. The number of anilines is 1. The molecule has 5 heteroatoms. The van der Waals surface area contributed by atoms with Crippen molar-refractivity contribution in [2.45, 2.75) is 31.9 Å². The molecule has 0 radical (unpaired) electrons. The summed E-state index contributed by atoms with van der Waals surface area (Å²) in [6.07, 6.45) is 3.29. The highest BCUT2D eigenvalue weighted by molar-refractivity contribution is 5.85. The number of rotatable bonds is 6. The number of hydrogen-bond donors (Lipinski definition) is 4. The average molecular weight is 401 g/mol. The van der Waals surface area contributed by atoms with Crippen LogP contribution in [-0.2, 0) is 13.0 Å². The fourth-order valence-corrected chi connectivity index (χ4v) is 4.69. The number of fused-ring (bicyclic) bond motifs is 2. The Balaban J connectivity index is 1.46. The predicted molar refractivity (Wildman–Crippen MR) is 123 cm³/mol. The molecule has 154 valence electrons. The minimum Gasteiger partial charge on any atom is -0.392 e. The predicted octanol–water partition coefficient (Wildman–Crippen LogP) is 4.23. The zero-order chi connectivity index (χ0) is 20.3. The first-order valence-corrected chi connectivity index (χ1v) is 10.8. The molecule has 0 saturated carbocycles. The topological polar surface area (TPSA) is 73.0 Å². The normalized spacial score (nSPS) is 16.2. The summed E-state index contributed by atoms with van der Waals surface area (Å²) >= 11 is 0. The number of imidazole rings is 1. The van der Waals surface area contributed by atoms with Gasteiger partial charge in [-0.1, -0.05) is 48.5 Å². The van der Waals surface area contributed by atoms with Gasteiger partial charge >= 0.3 is 0 Å². The molecule has 1 fully saturated rings. The third kappa shape index (κ3) is 3.91. The summed E-state index contributed by atoms with van der Waals surface area (Å²) < 4.78 is 0. The van der Waals surface area contributed by atoms with Crippen LogP contribution in [0.5, 0.6) is 0 Å². The number of aliphatic hydroxyl groups is 1. The molecule has 3 aromatic carbocycles. The highest BCUT2D eigenvalue weighted by Gasteiger charge is 2.25. The van der Waals surface area contributed by atoms with Gasteiger partial charge in [-0.25, -0.2) is 4.98 Å². The molecule has 0 amide bonds. The summed E-state index contributed by atoms with van der Waals surface area (Å²) in [6.45, 7) is 2.17. The van der Waals surface area contributed by atoms with E-state index in [0.29, 0.717) is 12.0 Å². The number of aliphatic hydroxyl groups excluding tert-OH is 1. The second-order valence-corrected chi connectivity index (χ2v) is 8.28. The van der Waals surface area contributed by atoms with Gasteiger partial charge < -0.3 is 20.7 Å². The Kier molecular flexibility index (Phi) is 5.39. The van der Waals surface area contributed by atoms with E-state index in [4.69, 9.17) is 4.98 Å². The zero-order valence-electron chi connectivity index (χ0n) is 17.1. The van der Waals surface area contributed by atoms with E-state index in [0.717, 1.165) is 54.9 Å². The Morgan fingerprint density at radius 1 is 1.03 bits per heavy atom. The van der Waals surface area contributed by atoms with Crippen LogP contribution in [0.1, 0.15) is 24.0 Å². The molecule has 4 aromatic rings. The number of hydrogen-bond acceptors (Lipinski definition) is 4. The van der Waals surface area contributed by atoms with Gasteiger partial charge in [-0.3, -0.25) is 0 Å². The summed E-state index contributed by atoms with van der Waals surface area (Å²) in [5, 5.41) is 19.3. The third-order valence-corrected chi connectivity index (χ3v) is 6.32. The molecule has 5 rings (SSSR count). The van der Waals surface area contributed by atoms with Crippen LogP contribution < -0.4 is 10.6 Å². The Labute approximate surface area is 176 Å². The second-order valence-electron chi connectivity index (χ2n) is 8.28. The van der Waals surface area contributed by atoms with Crippen LogP contribution >= 0.6 is 0 Å². The fourth-order valence-electron chi connectivity index (χ4n) is 4.69. The summed E-state index contributed by atoms with van der Waals surface area (Å²) in [5.41, 5.74) is 4.15. The van der Waals surface area contributed by atoms with Crippen LogP contribution in [0.3, 0.4) is 0 Å². The minimum absolute atomic E-state index is 0.0382. The SMILES string of the molecule is OCc1ccc2nc(NC(Cc3cccc4ccccc34)C3CCNCC3)[nH]c2c1. The van der Waals surface area contributed by atoms with E-state index in [1.807, 2.05) is 18.2 Å². The smallest absolute Gasteiger partial charge is 0.201 e. The molecule has 30 heavy (non-hydrogen) atoms. The largest absolute Gasteiger partial charge is 0.392 e. The lowest BCUT2D eigenvalue weighted by atomic mass is 9.85. The third-order valence-electron chi connectivity index (χ3n) is 6.32. The van der Waals surface area contributed by atoms with Crippen LogP contribution in [0.25, 0.3) is 21.8 Å². The number of H-pyrrole nitrogens is 1. The number of nitrogens with one attached hydrogen (secondary N) is 3. The maximum Gasteiger partial charge on any atom is 0.201 e. The van der Waals surface area contributed by atoms with Crippen LogP contribution in [0, 0.1) is 5.92 Å². The first-order chi connectivity index (χ1) is 14.8. The molecule has 2 heterocycles. The summed E-state index contributed by atoms with van der Waals surface area (Å²) in [5.74, 6) is 1.40. The molecule has 1 aliphatic rings. The van der Waals surface area contributed by atoms with Gasteiger partial charge in [0.25, 0.3) is 0 Å². The Hall–Kier alpha value is -2.89. The molecule has 0 aliphatic carbocycles. The van der Waals surface area contributed by atoms with Crippen molar-refractivity contribution in [3.8, 4) is 0 Å². The quantitative estimate of drug-likeness (QED) is 0.391. The molecule has 4 N–H and O–H groups in total. The van der Waals surface area contributed by atoms with Crippen molar-refractivity contribution < 1.29 is 5.11 Å². The molecule has 5 nitrogen and oxygen atoms in total.